The number of hydrogen-bond acceptors (Lipinski definition) is 2. The standard InChI is InChI=1S/C6H12N4/c7-6(8)10-2-4-1-5(3-10)9-4/h4-5,9H,1-3H2,(H3,7,8). The van der Waals surface area contributed by atoms with Gasteiger partial charge in [-0.1, -0.05) is 0 Å². The molecule has 3 heterocycles. The zero-order chi connectivity index (χ0) is 7.14. The maximum Gasteiger partial charge on any atom is 0.188 e. The van der Waals surface area contributed by atoms with Gasteiger partial charge in [0.25, 0.3) is 0 Å². The van der Waals surface area contributed by atoms with Gasteiger partial charge in [0.2, 0.25) is 0 Å². The molecule has 3 fully saturated rings. The second kappa shape index (κ2) is 1.85. The van der Waals surface area contributed by atoms with Crippen LogP contribution in [0.2, 0.25) is 0 Å². The van der Waals surface area contributed by atoms with Crippen molar-refractivity contribution >= 4 is 5.96 Å². The minimum atomic E-state index is 0.219. The Morgan fingerprint density at radius 2 is 2.00 bits per heavy atom. The van der Waals surface area contributed by atoms with Crippen molar-refractivity contribution in [3.05, 3.63) is 0 Å². The Balaban J connectivity index is 1.97. The van der Waals surface area contributed by atoms with E-state index >= 15 is 0 Å². The molecule has 2 bridgehead atoms. The Hall–Kier alpha value is -0.770. The number of hydrogen-bond donors (Lipinski definition) is 3. The quantitative estimate of drug-likeness (QED) is 0.296. The van der Waals surface area contributed by atoms with Crippen LogP contribution in [0.5, 0.6) is 0 Å². The molecule has 4 nitrogen and oxygen atoms in total. The van der Waals surface area contributed by atoms with Gasteiger partial charge in [0.15, 0.2) is 5.96 Å². The van der Waals surface area contributed by atoms with Gasteiger partial charge < -0.3 is 16.0 Å². The van der Waals surface area contributed by atoms with Crippen LogP contribution in [0.3, 0.4) is 0 Å². The second-order valence-electron chi connectivity index (χ2n) is 3.09. The van der Waals surface area contributed by atoms with Crippen molar-refractivity contribution in [1.82, 2.24) is 10.2 Å². The number of fused-ring (bicyclic) bond motifs is 2. The van der Waals surface area contributed by atoms with Gasteiger partial charge in [-0.05, 0) is 6.42 Å². The van der Waals surface area contributed by atoms with Crippen molar-refractivity contribution in [2.75, 3.05) is 13.1 Å². The van der Waals surface area contributed by atoms with E-state index in [0.717, 1.165) is 13.1 Å². The van der Waals surface area contributed by atoms with E-state index in [4.69, 9.17) is 11.1 Å². The number of rotatable bonds is 0. The molecule has 0 spiro atoms. The van der Waals surface area contributed by atoms with Crippen molar-refractivity contribution in [3.8, 4) is 0 Å². The van der Waals surface area contributed by atoms with Crippen LogP contribution >= 0.6 is 0 Å². The van der Waals surface area contributed by atoms with Crippen molar-refractivity contribution in [2.24, 2.45) is 5.73 Å². The summed E-state index contributed by atoms with van der Waals surface area (Å²) in [7, 11) is 0. The van der Waals surface area contributed by atoms with Crippen LogP contribution in [0.25, 0.3) is 0 Å². The third-order valence-electron chi connectivity index (χ3n) is 2.26. The fraction of sp³-hybridized carbons (Fsp3) is 0.833. The maximum atomic E-state index is 7.18. The Morgan fingerprint density at radius 3 is 2.30 bits per heavy atom. The number of piperazine rings is 1. The summed E-state index contributed by atoms with van der Waals surface area (Å²) >= 11 is 0. The molecular formula is C6H12N4. The largest absolute Gasteiger partial charge is 0.370 e. The van der Waals surface area contributed by atoms with Crippen LogP contribution in [0.1, 0.15) is 6.42 Å². The summed E-state index contributed by atoms with van der Waals surface area (Å²) in [6.45, 7) is 1.84. The smallest absolute Gasteiger partial charge is 0.188 e. The summed E-state index contributed by atoms with van der Waals surface area (Å²) in [6.07, 6.45) is 1.27. The molecule has 0 amide bonds. The number of nitrogens with one attached hydrogen (secondary N) is 2. The molecule has 0 aliphatic carbocycles. The number of piperidine rings is 1. The Bertz CT molecular complexity index is 151. The lowest BCUT2D eigenvalue weighted by Gasteiger charge is -2.48. The average Bonchev–Trinajstić information content (AvgIpc) is 1.86. The molecule has 0 radical (unpaired) electrons. The molecule has 0 aromatic heterocycles. The lowest BCUT2D eigenvalue weighted by molar-refractivity contribution is 0.126. The second-order valence-corrected chi connectivity index (χ2v) is 3.09. The van der Waals surface area contributed by atoms with E-state index in [9.17, 15) is 0 Å². The molecule has 56 valence electrons. The van der Waals surface area contributed by atoms with E-state index in [1.54, 1.807) is 0 Å². The minimum Gasteiger partial charge on any atom is -0.370 e. The molecular weight excluding hydrogens is 128 g/mol. The molecule has 0 saturated carbocycles. The fourth-order valence-electron chi connectivity index (χ4n) is 1.71. The van der Waals surface area contributed by atoms with Crippen LogP contribution in [0.15, 0.2) is 0 Å². The number of nitrogens with zero attached hydrogens (tertiary/aromatic N) is 1. The van der Waals surface area contributed by atoms with Gasteiger partial charge in [-0.25, -0.2) is 0 Å². The molecule has 3 saturated heterocycles. The van der Waals surface area contributed by atoms with E-state index in [1.165, 1.54) is 6.42 Å². The van der Waals surface area contributed by atoms with Gasteiger partial charge in [-0.2, -0.15) is 0 Å². The first-order valence-electron chi connectivity index (χ1n) is 3.61. The Labute approximate surface area is 59.9 Å². The predicted octanol–water partition coefficient (Wildman–Crippen LogP) is -1.07. The van der Waals surface area contributed by atoms with Crippen LogP contribution < -0.4 is 11.1 Å². The third kappa shape index (κ3) is 0.759. The van der Waals surface area contributed by atoms with Crippen LogP contribution in [-0.2, 0) is 0 Å². The van der Waals surface area contributed by atoms with Crippen molar-refractivity contribution in [1.29, 1.82) is 5.41 Å². The van der Waals surface area contributed by atoms with E-state index in [-0.39, 0.29) is 5.96 Å². The molecule has 0 aromatic rings. The van der Waals surface area contributed by atoms with E-state index < -0.39 is 0 Å². The molecule has 4 N–H and O–H groups in total. The van der Waals surface area contributed by atoms with Crippen molar-refractivity contribution in [3.63, 3.8) is 0 Å². The summed E-state index contributed by atoms with van der Waals surface area (Å²) in [5, 5.41) is 10.5. The first kappa shape index (κ1) is 5.97. The van der Waals surface area contributed by atoms with E-state index in [2.05, 4.69) is 5.32 Å². The zero-order valence-corrected chi connectivity index (χ0v) is 5.80. The van der Waals surface area contributed by atoms with E-state index in [0.29, 0.717) is 12.1 Å². The summed E-state index contributed by atoms with van der Waals surface area (Å²) in [6, 6.07) is 1.20. The van der Waals surface area contributed by atoms with Gasteiger partial charge in [0.05, 0.1) is 0 Å². The topological polar surface area (TPSA) is 65.1 Å². The number of nitrogens with two attached hydrogens (primary N) is 1. The van der Waals surface area contributed by atoms with Gasteiger partial charge in [0, 0.05) is 25.2 Å². The van der Waals surface area contributed by atoms with Crippen molar-refractivity contribution < 1.29 is 0 Å². The molecule has 3 aliphatic heterocycles. The zero-order valence-electron chi connectivity index (χ0n) is 5.80. The summed E-state index contributed by atoms with van der Waals surface area (Å²) in [5.74, 6) is 0.219. The average molecular weight is 140 g/mol. The molecule has 2 unspecified atom stereocenters. The van der Waals surface area contributed by atoms with Crippen LogP contribution in [0, 0.1) is 5.41 Å². The van der Waals surface area contributed by atoms with Gasteiger partial charge in [-0.3, -0.25) is 5.41 Å². The fourth-order valence-corrected chi connectivity index (χ4v) is 1.71. The van der Waals surface area contributed by atoms with Crippen LogP contribution in [-0.4, -0.2) is 36.0 Å². The SMILES string of the molecule is N=C(N)N1CC2CC(C1)N2. The summed E-state index contributed by atoms with van der Waals surface area (Å²) in [4.78, 5) is 1.93. The number of guanidine groups is 1. The highest BCUT2D eigenvalue weighted by molar-refractivity contribution is 5.75. The van der Waals surface area contributed by atoms with Gasteiger partial charge >= 0.3 is 0 Å². The normalized spacial score (nSPS) is 37.0. The Kier molecular flexibility index (Phi) is 1.11. The monoisotopic (exact) mass is 140 g/mol. The minimum absolute atomic E-state index is 0.219. The van der Waals surface area contributed by atoms with Crippen molar-refractivity contribution in [2.45, 2.75) is 18.5 Å². The highest BCUT2D eigenvalue weighted by atomic mass is 15.3. The summed E-state index contributed by atoms with van der Waals surface area (Å²) in [5.41, 5.74) is 5.33. The van der Waals surface area contributed by atoms with Gasteiger partial charge in [-0.15, -0.1) is 0 Å². The lowest BCUT2D eigenvalue weighted by Crippen LogP contribution is -2.68. The van der Waals surface area contributed by atoms with Crippen LogP contribution in [0.4, 0.5) is 0 Å². The summed E-state index contributed by atoms with van der Waals surface area (Å²) < 4.78 is 0. The molecule has 10 heavy (non-hydrogen) atoms. The third-order valence-corrected chi connectivity index (χ3v) is 2.26. The lowest BCUT2D eigenvalue weighted by atomic mass is 9.92. The van der Waals surface area contributed by atoms with Gasteiger partial charge in [0.1, 0.15) is 0 Å². The molecule has 3 aliphatic rings. The highest BCUT2D eigenvalue weighted by Crippen LogP contribution is 2.19. The predicted molar refractivity (Wildman–Crippen MR) is 38.8 cm³/mol. The highest BCUT2D eigenvalue weighted by Gasteiger charge is 2.36. The first-order valence-corrected chi connectivity index (χ1v) is 3.61. The molecule has 0 aromatic carbocycles. The maximum absolute atomic E-state index is 7.18. The first-order chi connectivity index (χ1) is 4.75. The molecule has 4 heteroatoms. The van der Waals surface area contributed by atoms with E-state index in [1.807, 2.05) is 4.90 Å². The molecule has 3 rings (SSSR count). The molecule has 2 atom stereocenters. The Morgan fingerprint density at radius 1 is 1.50 bits per heavy atom.